The van der Waals surface area contributed by atoms with Crippen LogP contribution in [0.25, 0.3) is 0 Å². The predicted molar refractivity (Wildman–Crippen MR) is 152 cm³/mol. The van der Waals surface area contributed by atoms with Crippen molar-refractivity contribution in [3.8, 4) is 17.2 Å². The van der Waals surface area contributed by atoms with E-state index in [9.17, 15) is 14.4 Å². The second-order valence-electron chi connectivity index (χ2n) is 9.94. The normalized spacial score (nSPS) is 12.2. The van der Waals surface area contributed by atoms with Gasteiger partial charge in [-0.05, 0) is 85.6 Å². The summed E-state index contributed by atoms with van der Waals surface area (Å²) in [7, 11) is 0. The monoisotopic (exact) mass is 524 g/mol. The molecule has 0 bridgehead atoms. The third-order valence-electron chi connectivity index (χ3n) is 5.69. The summed E-state index contributed by atoms with van der Waals surface area (Å²) < 4.78 is 15.8. The molecular formula is C32H44O6. The Balaban J connectivity index is 2.84. The van der Waals surface area contributed by atoms with Gasteiger partial charge < -0.3 is 14.2 Å². The average Bonchev–Trinajstić information content (AvgIpc) is 2.78. The van der Waals surface area contributed by atoms with Crippen LogP contribution in [0.5, 0.6) is 17.2 Å². The number of benzene rings is 1. The van der Waals surface area contributed by atoms with Gasteiger partial charge in [0.1, 0.15) is 5.75 Å². The largest absolute Gasteiger partial charge is 0.427 e. The van der Waals surface area contributed by atoms with Crippen LogP contribution in [0.3, 0.4) is 0 Å². The number of carbonyl (C=O) groups is 3. The summed E-state index contributed by atoms with van der Waals surface area (Å²) in [5.74, 6) is -1.23. The quantitative estimate of drug-likeness (QED) is 0.139. The molecule has 0 saturated heterocycles. The third kappa shape index (κ3) is 14.4. The van der Waals surface area contributed by atoms with Crippen molar-refractivity contribution in [2.24, 2.45) is 0 Å². The first-order valence-corrected chi connectivity index (χ1v) is 13.2. The van der Waals surface area contributed by atoms with Gasteiger partial charge in [-0.15, -0.1) is 0 Å². The Morgan fingerprint density at radius 1 is 0.605 bits per heavy atom. The van der Waals surface area contributed by atoms with Gasteiger partial charge in [0.2, 0.25) is 0 Å². The fourth-order valence-electron chi connectivity index (χ4n) is 3.77. The second-order valence-corrected chi connectivity index (χ2v) is 9.94. The van der Waals surface area contributed by atoms with Crippen molar-refractivity contribution in [1.82, 2.24) is 0 Å². The summed E-state index contributed by atoms with van der Waals surface area (Å²) in [6.45, 7) is 14.5. The smallest absolute Gasteiger partial charge is 0.308 e. The number of rotatable bonds is 14. The van der Waals surface area contributed by atoms with Crippen LogP contribution in [0.4, 0.5) is 0 Å². The van der Waals surface area contributed by atoms with Gasteiger partial charge in [0.05, 0.1) is 0 Å². The van der Waals surface area contributed by atoms with E-state index < -0.39 is 17.9 Å². The molecule has 0 aromatic heterocycles. The zero-order valence-corrected chi connectivity index (χ0v) is 24.4. The van der Waals surface area contributed by atoms with Crippen molar-refractivity contribution in [2.75, 3.05) is 0 Å². The Bertz CT molecular complexity index is 1100. The van der Waals surface area contributed by atoms with E-state index in [4.69, 9.17) is 14.2 Å². The van der Waals surface area contributed by atoms with Crippen molar-refractivity contribution < 1.29 is 28.6 Å². The van der Waals surface area contributed by atoms with Crippen molar-refractivity contribution in [3.63, 3.8) is 0 Å². The second kappa shape index (κ2) is 17.2. The maximum absolute atomic E-state index is 11.7. The van der Waals surface area contributed by atoms with Crippen molar-refractivity contribution >= 4 is 17.9 Å². The van der Waals surface area contributed by atoms with Crippen LogP contribution in [0, 0.1) is 0 Å². The molecule has 0 atom stereocenters. The highest BCUT2D eigenvalue weighted by Gasteiger charge is 2.18. The summed E-state index contributed by atoms with van der Waals surface area (Å²) in [5.41, 5.74) is 5.94. The first kappa shape index (κ1) is 32.6. The maximum atomic E-state index is 11.7. The van der Waals surface area contributed by atoms with Crippen LogP contribution < -0.4 is 14.2 Å². The minimum absolute atomic E-state index is 0.0345. The summed E-state index contributed by atoms with van der Waals surface area (Å²) >= 11 is 0. The molecule has 0 N–H and O–H groups in total. The minimum atomic E-state index is -0.576. The lowest BCUT2D eigenvalue weighted by Crippen LogP contribution is -2.10. The Labute approximate surface area is 228 Å². The molecule has 6 nitrogen and oxygen atoms in total. The molecule has 0 unspecified atom stereocenters. The predicted octanol–water partition coefficient (Wildman–Crippen LogP) is 8.15. The molecule has 0 amide bonds. The van der Waals surface area contributed by atoms with Crippen LogP contribution in [0.2, 0.25) is 0 Å². The van der Waals surface area contributed by atoms with Gasteiger partial charge in [0.25, 0.3) is 0 Å². The van der Waals surface area contributed by atoms with Gasteiger partial charge in [-0.1, -0.05) is 46.6 Å². The number of esters is 3. The van der Waals surface area contributed by atoms with Gasteiger partial charge in [-0.2, -0.15) is 0 Å². The van der Waals surface area contributed by atoms with Gasteiger partial charge in [-0.3, -0.25) is 14.4 Å². The number of hydrogen-bond donors (Lipinski definition) is 0. The maximum Gasteiger partial charge on any atom is 0.308 e. The van der Waals surface area contributed by atoms with E-state index in [0.717, 1.165) is 38.5 Å². The zero-order chi connectivity index (χ0) is 28.7. The lowest BCUT2D eigenvalue weighted by molar-refractivity contribution is -0.134. The molecule has 0 aliphatic rings. The highest BCUT2D eigenvalue weighted by Crippen LogP contribution is 2.37. The molecule has 0 saturated carbocycles. The van der Waals surface area contributed by atoms with Gasteiger partial charge in [0, 0.05) is 32.4 Å². The number of ether oxygens (including phenoxy) is 3. The van der Waals surface area contributed by atoms with Crippen LogP contribution in [0.15, 0.2) is 58.7 Å². The molecular weight excluding hydrogens is 480 g/mol. The van der Waals surface area contributed by atoms with E-state index in [0.29, 0.717) is 12.0 Å². The highest BCUT2D eigenvalue weighted by atomic mass is 16.6. The fraction of sp³-hybridized carbons (Fsp3) is 0.469. The summed E-state index contributed by atoms with van der Waals surface area (Å²) in [6.07, 6.45) is 15.5. The van der Waals surface area contributed by atoms with E-state index >= 15 is 0 Å². The summed E-state index contributed by atoms with van der Waals surface area (Å²) in [4.78, 5) is 34.8. The molecule has 0 aliphatic heterocycles. The van der Waals surface area contributed by atoms with E-state index in [1.54, 1.807) is 6.07 Å². The molecule has 1 rings (SSSR count). The Morgan fingerprint density at radius 2 is 1.08 bits per heavy atom. The number of carbonyl (C=O) groups excluding carboxylic acids is 3. The zero-order valence-electron chi connectivity index (χ0n) is 24.4. The molecule has 0 radical (unpaired) electrons. The van der Waals surface area contributed by atoms with E-state index in [2.05, 4.69) is 52.8 Å². The van der Waals surface area contributed by atoms with E-state index in [1.807, 2.05) is 6.08 Å². The van der Waals surface area contributed by atoms with Gasteiger partial charge >= 0.3 is 17.9 Å². The topological polar surface area (TPSA) is 78.9 Å². The van der Waals surface area contributed by atoms with Crippen molar-refractivity contribution in [2.45, 2.75) is 100 Å². The minimum Gasteiger partial charge on any atom is -0.427 e. The molecule has 0 fully saturated rings. The third-order valence-corrected chi connectivity index (χ3v) is 5.69. The molecule has 1 aromatic rings. The summed E-state index contributed by atoms with van der Waals surface area (Å²) in [6, 6.07) is 2.99. The Morgan fingerprint density at radius 3 is 1.55 bits per heavy atom. The lowest BCUT2D eigenvalue weighted by atomic mass is 10.0. The van der Waals surface area contributed by atoms with E-state index in [1.165, 1.54) is 49.1 Å². The summed E-state index contributed by atoms with van der Waals surface area (Å²) in [5, 5.41) is 0. The molecule has 0 heterocycles. The molecule has 208 valence electrons. The van der Waals surface area contributed by atoms with Crippen LogP contribution in [-0.4, -0.2) is 17.9 Å². The Hall–Kier alpha value is -3.41. The average molecular weight is 525 g/mol. The highest BCUT2D eigenvalue weighted by molar-refractivity contribution is 5.76. The standard InChI is InChI=1S/C32H44O6/c1-22(2)12-9-13-23(3)14-10-15-24(4)16-11-17-25(5)18-19-29-20-30(36-26(6)33)21-31(37-27(7)34)32(29)38-28(8)35/h12,14,16,18,20-21H,9-11,13,15,17,19H2,1-8H3/b23-14+,24-16+,25-18+. The Kier molecular flexibility index (Phi) is 14.7. The molecule has 1 aromatic carbocycles. The van der Waals surface area contributed by atoms with E-state index in [-0.39, 0.29) is 17.2 Å². The molecule has 0 spiro atoms. The van der Waals surface area contributed by atoms with Crippen LogP contribution >= 0.6 is 0 Å². The molecule has 6 heteroatoms. The van der Waals surface area contributed by atoms with Crippen molar-refractivity contribution in [3.05, 3.63) is 64.3 Å². The van der Waals surface area contributed by atoms with Crippen LogP contribution in [0.1, 0.15) is 99.5 Å². The first-order chi connectivity index (χ1) is 17.9. The number of allylic oxidation sites excluding steroid dienone is 8. The number of hydrogen-bond acceptors (Lipinski definition) is 6. The first-order valence-electron chi connectivity index (χ1n) is 13.2. The van der Waals surface area contributed by atoms with Crippen molar-refractivity contribution in [1.29, 1.82) is 0 Å². The lowest BCUT2D eigenvalue weighted by Gasteiger charge is -2.15. The van der Waals surface area contributed by atoms with Gasteiger partial charge in [-0.25, -0.2) is 0 Å². The fourth-order valence-corrected chi connectivity index (χ4v) is 3.77. The van der Waals surface area contributed by atoms with Gasteiger partial charge in [0.15, 0.2) is 11.5 Å². The molecule has 38 heavy (non-hydrogen) atoms. The molecule has 0 aliphatic carbocycles. The van der Waals surface area contributed by atoms with Crippen LogP contribution in [-0.2, 0) is 20.8 Å². The SMILES string of the molecule is CC(=O)Oc1cc(C/C=C(\C)CC/C=C(\C)CC/C=C(\C)CCC=C(C)C)c(OC(C)=O)c(OC(C)=O)c1.